The van der Waals surface area contributed by atoms with Gasteiger partial charge in [0.15, 0.2) is 5.75 Å². The van der Waals surface area contributed by atoms with Crippen molar-refractivity contribution in [1.29, 1.82) is 0 Å². The largest absolute Gasteiger partial charge is 0.488 e. The molecular formula is C12H16FNO. The number of hydrogen-bond acceptors (Lipinski definition) is 2. The van der Waals surface area contributed by atoms with Crippen LogP contribution in [0.1, 0.15) is 32.1 Å². The van der Waals surface area contributed by atoms with Crippen LogP contribution in [0.5, 0.6) is 5.75 Å². The van der Waals surface area contributed by atoms with Gasteiger partial charge in [-0.2, -0.15) is 4.39 Å². The number of ether oxygens (including phenoxy) is 1. The molecule has 15 heavy (non-hydrogen) atoms. The molecule has 0 atom stereocenters. The first-order valence-corrected chi connectivity index (χ1v) is 5.59. The predicted molar refractivity (Wildman–Crippen MR) is 56.3 cm³/mol. The lowest BCUT2D eigenvalue weighted by molar-refractivity contribution is 0.200. The third-order valence-electron chi connectivity index (χ3n) is 2.92. The summed E-state index contributed by atoms with van der Waals surface area (Å²) in [5.74, 6) is 0.370. The molecule has 2 rings (SSSR count). The third kappa shape index (κ3) is 2.91. The SMILES string of the molecule is Fc1ncccc1OCC1CCCCC1. The minimum Gasteiger partial charge on any atom is -0.488 e. The minimum atomic E-state index is -0.506. The number of hydrogen-bond donors (Lipinski definition) is 0. The minimum absolute atomic E-state index is 0.281. The fraction of sp³-hybridized carbons (Fsp3) is 0.583. The van der Waals surface area contributed by atoms with E-state index >= 15 is 0 Å². The number of halogens is 1. The van der Waals surface area contributed by atoms with Gasteiger partial charge < -0.3 is 4.74 Å². The first-order valence-electron chi connectivity index (χ1n) is 5.59. The van der Waals surface area contributed by atoms with Crippen molar-refractivity contribution in [3.63, 3.8) is 0 Å². The van der Waals surface area contributed by atoms with E-state index in [0.717, 1.165) is 0 Å². The van der Waals surface area contributed by atoms with Crippen molar-refractivity contribution in [3.8, 4) is 5.75 Å². The molecule has 0 spiro atoms. The van der Waals surface area contributed by atoms with Crippen LogP contribution in [0.25, 0.3) is 0 Å². The summed E-state index contributed by atoms with van der Waals surface area (Å²) in [6.07, 6.45) is 7.75. The van der Waals surface area contributed by atoms with E-state index in [1.54, 1.807) is 12.1 Å². The summed E-state index contributed by atoms with van der Waals surface area (Å²) in [5, 5.41) is 0. The van der Waals surface area contributed by atoms with Crippen LogP contribution in [0.3, 0.4) is 0 Å². The van der Waals surface area contributed by atoms with Crippen LogP contribution < -0.4 is 4.74 Å². The molecule has 0 amide bonds. The Morgan fingerprint density at radius 1 is 1.33 bits per heavy atom. The lowest BCUT2D eigenvalue weighted by Gasteiger charge is -2.21. The highest BCUT2D eigenvalue weighted by molar-refractivity contribution is 5.17. The van der Waals surface area contributed by atoms with Crippen molar-refractivity contribution in [2.75, 3.05) is 6.61 Å². The molecule has 0 aromatic carbocycles. The Bertz CT molecular complexity index is 310. The molecule has 1 fully saturated rings. The first kappa shape index (κ1) is 10.4. The van der Waals surface area contributed by atoms with E-state index in [2.05, 4.69) is 4.98 Å². The second-order valence-corrected chi connectivity index (χ2v) is 4.11. The molecule has 0 aliphatic heterocycles. The predicted octanol–water partition coefficient (Wildman–Crippen LogP) is 3.18. The van der Waals surface area contributed by atoms with Crippen LogP contribution in [-0.4, -0.2) is 11.6 Å². The van der Waals surface area contributed by atoms with Crippen molar-refractivity contribution in [3.05, 3.63) is 24.3 Å². The van der Waals surface area contributed by atoms with Crippen LogP contribution in [0.4, 0.5) is 4.39 Å². The van der Waals surface area contributed by atoms with Crippen molar-refractivity contribution < 1.29 is 9.13 Å². The second kappa shape index (κ2) is 5.10. The average molecular weight is 209 g/mol. The fourth-order valence-electron chi connectivity index (χ4n) is 2.04. The summed E-state index contributed by atoms with van der Waals surface area (Å²) >= 11 is 0. The summed E-state index contributed by atoms with van der Waals surface area (Å²) in [4.78, 5) is 3.55. The molecule has 0 bridgehead atoms. The topological polar surface area (TPSA) is 22.1 Å². The Balaban J connectivity index is 1.84. The van der Waals surface area contributed by atoms with Crippen LogP contribution in [0.15, 0.2) is 18.3 Å². The third-order valence-corrected chi connectivity index (χ3v) is 2.92. The van der Waals surface area contributed by atoms with E-state index < -0.39 is 5.95 Å². The normalized spacial score (nSPS) is 17.7. The average Bonchev–Trinajstić information content (AvgIpc) is 2.29. The van der Waals surface area contributed by atoms with Crippen molar-refractivity contribution in [2.24, 2.45) is 5.92 Å². The number of nitrogens with zero attached hydrogens (tertiary/aromatic N) is 1. The summed E-state index contributed by atoms with van der Waals surface area (Å²) in [5.41, 5.74) is 0. The highest BCUT2D eigenvalue weighted by atomic mass is 19.1. The first-order chi connectivity index (χ1) is 7.36. The number of rotatable bonds is 3. The molecule has 1 aromatic rings. The number of aromatic nitrogens is 1. The lowest BCUT2D eigenvalue weighted by atomic mass is 9.90. The molecule has 82 valence electrons. The van der Waals surface area contributed by atoms with E-state index in [-0.39, 0.29) is 5.75 Å². The zero-order valence-electron chi connectivity index (χ0n) is 8.79. The molecule has 1 aromatic heterocycles. The fourth-order valence-corrected chi connectivity index (χ4v) is 2.04. The van der Waals surface area contributed by atoms with E-state index in [4.69, 9.17) is 4.74 Å². The van der Waals surface area contributed by atoms with Gasteiger partial charge in [-0.15, -0.1) is 0 Å². The van der Waals surface area contributed by atoms with Gasteiger partial charge in [0.05, 0.1) is 6.61 Å². The Morgan fingerprint density at radius 3 is 2.87 bits per heavy atom. The van der Waals surface area contributed by atoms with Crippen molar-refractivity contribution >= 4 is 0 Å². The Morgan fingerprint density at radius 2 is 2.13 bits per heavy atom. The molecule has 1 saturated carbocycles. The van der Waals surface area contributed by atoms with Gasteiger partial charge in [0.2, 0.25) is 0 Å². The molecule has 0 unspecified atom stereocenters. The van der Waals surface area contributed by atoms with Crippen LogP contribution in [-0.2, 0) is 0 Å². The quantitative estimate of drug-likeness (QED) is 0.713. The van der Waals surface area contributed by atoms with Crippen molar-refractivity contribution in [2.45, 2.75) is 32.1 Å². The molecule has 1 heterocycles. The van der Waals surface area contributed by atoms with Gasteiger partial charge in [0.25, 0.3) is 5.95 Å². The summed E-state index contributed by atoms with van der Waals surface area (Å²) in [6.45, 7) is 0.628. The summed E-state index contributed by atoms with van der Waals surface area (Å²) in [7, 11) is 0. The van der Waals surface area contributed by atoms with Gasteiger partial charge in [-0.05, 0) is 30.9 Å². The smallest absolute Gasteiger partial charge is 0.255 e. The van der Waals surface area contributed by atoms with Gasteiger partial charge in [0.1, 0.15) is 0 Å². The van der Waals surface area contributed by atoms with Crippen LogP contribution >= 0.6 is 0 Å². The van der Waals surface area contributed by atoms with E-state index in [0.29, 0.717) is 12.5 Å². The Hall–Kier alpha value is -1.12. The van der Waals surface area contributed by atoms with E-state index in [1.165, 1.54) is 38.3 Å². The maximum Gasteiger partial charge on any atom is 0.255 e. The Kier molecular flexibility index (Phi) is 3.54. The standard InChI is InChI=1S/C12H16FNO/c13-12-11(7-4-8-14-12)15-9-10-5-2-1-3-6-10/h4,7-8,10H,1-3,5-6,9H2. The Labute approximate surface area is 89.5 Å². The number of pyridine rings is 1. The van der Waals surface area contributed by atoms with Gasteiger partial charge in [0, 0.05) is 6.20 Å². The molecular weight excluding hydrogens is 193 g/mol. The maximum atomic E-state index is 13.1. The molecule has 3 heteroatoms. The second-order valence-electron chi connectivity index (χ2n) is 4.11. The van der Waals surface area contributed by atoms with Crippen LogP contribution in [0.2, 0.25) is 0 Å². The zero-order valence-corrected chi connectivity index (χ0v) is 8.79. The summed E-state index contributed by atoms with van der Waals surface area (Å²) in [6, 6.07) is 3.32. The highest BCUT2D eigenvalue weighted by Crippen LogP contribution is 2.24. The van der Waals surface area contributed by atoms with Gasteiger partial charge in [-0.1, -0.05) is 19.3 Å². The lowest BCUT2D eigenvalue weighted by Crippen LogP contribution is -2.15. The molecule has 1 aliphatic rings. The zero-order chi connectivity index (χ0) is 10.5. The summed E-state index contributed by atoms with van der Waals surface area (Å²) < 4.78 is 18.5. The highest BCUT2D eigenvalue weighted by Gasteiger charge is 2.14. The van der Waals surface area contributed by atoms with Gasteiger partial charge >= 0.3 is 0 Å². The molecule has 1 aliphatic carbocycles. The molecule has 2 nitrogen and oxygen atoms in total. The van der Waals surface area contributed by atoms with E-state index in [1.807, 2.05) is 0 Å². The van der Waals surface area contributed by atoms with E-state index in [9.17, 15) is 4.39 Å². The van der Waals surface area contributed by atoms with Gasteiger partial charge in [-0.3, -0.25) is 0 Å². The molecule has 0 radical (unpaired) electrons. The monoisotopic (exact) mass is 209 g/mol. The van der Waals surface area contributed by atoms with Crippen molar-refractivity contribution in [1.82, 2.24) is 4.98 Å². The van der Waals surface area contributed by atoms with Gasteiger partial charge in [-0.25, -0.2) is 4.98 Å². The maximum absolute atomic E-state index is 13.1. The molecule has 0 saturated heterocycles. The van der Waals surface area contributed by atoms with Crippen LogP contribution in [0, 0.1) is 11.9 Å². The molecule has 0 N–H and O–H groups in total.